The first kappa shape index (κ1) is 32.8. The molecule has 1 heterocycles. The molecule has 0 fully saturated rings. The van der Waals surface area contributed by atoms with E-state index in [1.807, 2.05) is 18.3 Å². The van der Waals surface area contributed by atoms with E-state index in [-0.39, 0.29) is 0 Å². The molecule has 0 saturated heterocycles. The van der Waals surface area contributed by atoms with Gasteiger partial charge in [-0.1, -0.05) is 103 Å². The van der Waals surface area contributed by atoms with Gasteiger partial charge in [-0.05, 0) is 78.4 Å². The number of benzene rings is 6. The molecule has 0 aliphatic heterocycles. The average molecular weight is 671 g/mol. The van der Waals surface area contributed by atoms with Crippen molar-refractivity contribution in [3.8, 4) is 17.0 Å². The van der Waals surface area contributed by atoms with Crippen molar-refractivity contribution >= 4 is 46.5 Å². The summed E-state index contributed by atoms with van der Waals surface area (Å²) in [6, 6.07) is 64.7. The summed E-state index contributed by atoms with van der Waals surface area (Å²) in [5.41, 5.74) is 6.26. The first-order valence-corrected chi connectivity index (χ1v) is 19.1. The van der Waals surface area contributed by atoms with Crippen LogP contribution in [-0.4, -0.2) is 31.0 Å². The lowest BCUT2D eigenvalue weighted by molar-refractivity contribution is 0.415. The molecule has 5 heteroatoms. The number of nitrogens with one attached hydrogen (secondary N) is 1. The van der Waals surface area contributed by atoms with E-state index in [1.54, 1.807) is 7.11 Å². The van der Waals surface area contributed by atoms with E-state index in [2.05, 4.69) is 180 Å². The number of H-pyrrole nitrogens is 1. The molecule has 0 atom stereocenters. The normalized spacial score (nSPS) is 11.5. The van der Waals surface area contributed by atoms with Gasteiger partial charge in [-0.3, -0.25) is 4.99 Å². The minimum atomic E-state index is -1.88. The minimum absolute atomic E-state index is 0.718. The SMILES string of the molecule is COc1cc(-c2ccc(N(c3ccccc3)c3ccccc3)cc2)[nH]c1C=NCCC[P+](c1ccccc1)(c1ccccc1)c1ccccc1. The van der Waals surface area contributed by atoms with Crippen LogP contribution in [0.15, 0.2) is 187 Å². The Kier molecular flexibility index (Phi) is 10.3. The fourth-order valence-electron chi connectivity index (χ4n) is 6.70. The summed E-state index contributed by atoms with van der Waals surface area (Å²) in [5.74, 6) is 0.780. The maximum Gasteiger partial charge on any atom is 0.145 e. The smallest absolute Gasteiger partial charge is 0.145 e. The molecular weight excluding hydrogens is 629 g/mol. The highest BCUT2D eigenvalue weighted by atomic mass is 31.2. The molecule has 0 aliphatic rings. The lowest BCUT2D eigenvalue weighted by atomic mass is 10.1. The van der Waals surface area contributed by atoms with Crippen molar-refractivity contribution in [3.63, 3.8) is 0 Å². The summed E-state index contributed by atoms with van der Waals surface area (Å²) in [6.07, 6.45) is 3.92. The Bertz CT molecular complexity index is 1960. The van der Waals surface area contributed by atoms with E-state index in [4.69, 9.17) is 9.73 Å². The van der Waals surface area contributed by atoms with Crippen LogP contribution in [0.1, 0.15) is 12.1 Å². The summed E-state index contributed by atoms with van der Waals surface area (Å²) in [7, 11) is -0.166. The number of ether oxygens (including phenoxy) is 1. The number of anilines is 3. The highest BCUT2D eigenvalue weighted by molar-refractivity contribution is 7.95. The third kappa shape index (κ3) is 7.03. The Morgan fingerprint density at radius 3 is 1.48 bits per heavy atom. The second kappa shape index (κ2) is 15.7. The molecule has 1 aromatic heterocycles. The van der Waals surface area contributed by atoms with Gasteiger partial charge in [0.25, 0.3) is 0 Å². The average Bonchev–Trinajstić information content (AvgIpc) is 3.62. The molecule has 50 heavy (non-hydrogen) atoms. The van der Waals surface area contributed by atoms with Crippen molar-refractivity contribution in [2.24, 2.45) is 4.99 Å². The number of para-hydroxylation sites is 2. The Balaban J connectivity index is 1.10. The Morgan fingerprint density at radius 1 is 0.580 bits per heavy atom. The van der Waals surface area contributed by atoms with Gasteiger partial charge in [0.05, 0.1) is 19.0 Å². The summed E-state index contributed by atoms with van der Waals surface area (Å²) < 4.78 is 5.78. The van der Waals surface area contributed by atoms with Crippen molar-refractivity contribution < 1.29 is 4.74 Å². The topological polar surface area (TPSA) is 40.6 Å². The van der Waals surface area contributed by atoms with E-state index in [0.717, 1.165) is 58.9 Å². The third-order valence-electron chi connectivity index (χ3n) is 9.09. The molecule has 0 radical (unpaired) electrons. The predicted octanol–water partition coefficient (Wildman–Crippen LogP) is 9.96. The van der Waals surface area contributed by atoms with E-state index in [9.17, 15) is 0 Å². The van der Waals surface area contributed by atoms with Crippen molar-refractivity contribution in [2.75, 3.05) is 24.7 Å². The second-order valence-electron chi connectivity index (χ2n) is 12.1. The Hall–Kier alpha value is -5.70. The van der Waals surface area contributed by atoms with Gasteiger partial charge >= 0.3 is 0 Å². The van der Waals surface area contributed by atoms with Gasteiger partial charge in [-0.2, -0.15) is 0 Å². The van der Waals surface area contributed by atoms with Crippen molar-refractivity contribution in [1.82, 2.24) is 4.98 Å². The van der Waals surface area contributed by atoms with Crippen molar-refractivity contribution in [2.45, 2.75) is 6.42 Å². The summed E-state index contributed by atoms with van der Waals surface area (Å²) in [5, 5.41) is 4.20. The predicted molar refractivity (Wildman–Crippen MR) is 215 cm³/mol. The molecule has 4 nitrogen and oxygen atoms in total. The standard InChI is InChI=1S/C45H41N3OP/c1-49-45-34-43(36-28-30-39(31-29-36)48(37-18-7-2-8-19-37)38-20-9-3-10-21-38)47-44(45)35-46-32-17-33-50(40-22-11-4-12-23-40,41-24-13-5-14-25-41)42-26-15-6-16-27-42/h2-16,18-31,34-35,47H,17,32-33H2,1H3/q+1. The van der Waals surface area contributed by atoms with E-state index < -0.39 is 7.26 Å². The number of rotatable bonds is 13. The summed E-state index contributed by atoms with van der Waals surface area (Å²) in [6.45, 7) is 0.718. The van der Waals surface area contributed by atoms with Crippen LogP contribution in [0.2, 0.25) is 0 Å². The van der Waals surface area contributed by atoms with Gasteiger partial charge < -0.3 is 14.6 Å². The lowest BCUT2D eigenvalue weighted by Gasteiger charge is -2.27. The van der Waals surface area contributed by atoms with Crippen LogP contribution in [-0.2, 0) is 0 Å². The molecule has 6 aromatic carbocycles. The maximum absolute atomic E-state index is 5.78. The number of aromatic nitrogens is 1. The van der Waals surface area contributed by atoms with Crippen molar-refractivity contribution in [3.05, 3.63) is 188 Å². The third-order valence-corrected chi connectivity index (χ3v) is 13.6. The Morgan fingerprint density at radius 2 is 1.02 bits per heavy atom. The zero-order chi connectivity index (χ0) is 34.0. The van der Waals surface area contributed by atoms with Crippen LogP contribution >= 0.6 is 7.26 Å². The largest absolute Gasteiger partial charge is 0.494 e. The number of methoxy groups -OCH3 is 1. The quantitative estimate of drug-likeness (QED) is 0.0754. The molecular formula is C45H41N3OP+. The molecule has 0 unspecified atom stereocenters. The summed E-state index contributed by atoms with van der Waals surface area (Å²) >= 11 is 0. The minimum Gasteiger partial charge on any atom is -0.494 e. The van der Waals surface area contributed by atoms with Crippen molar-refractivity contribution in [1.29, 1.82) is 0 Å². The van der Waals surface area contributed by atoms with Gasteiger partial charge in [0, 0.05) is 48.0 Å². The maximum atomic E-state index is 5.78. The monoisotopic (exact) mass is 670 g/mol. The Labute approximate surface area is 296 Å². The highest BCUT2D eigenvalue weighted by Gasteiger charge is 2.44. The molecule has 7 aromatic rings. The highest BCUT2D eigenvalue weighted by Crippen LogP contribution is 2.55. The van der Waals surface area contributed by atoms with Gasteiger partial charge in [-0.15, -0.1) is 0 Å². The van der Waals surface area contributed by atoms with Crippen LogP contribution in [0.3, 0.4) is 0 Å². The number of hydrogen-bond donors (Lipinski definition) is 1. The molecule has 1 N–H and O–H groups in total. The van der Waals surface area contributed by atoms with Crippen LogP contribution in [0.25, 0.3) is 11.3 Å². The number of aliphatic imine (C=N–C) groups is 1. The number of nitrogens with zero attached hydrogens (tertiary/aromatic N) is 2. The molecule has 0 bridgehead atoms. The van der Waals surface area contributed by atoms with Crippen LogP contribution in [0, 0.1) is 0 Å². The van der Waals surface area contributed by atoms with Gasteiger partial charge in [-0.25, -0.2) is 0 Å². The zero-order valence-corrected chi connectivity index (χ0v) is 29.2. The molecule has 246 valence electrons. The second-order valence-corrected chi connectivity index (χ2v) is 15.8. The van der Waals surface area contributed by atoms with Gasteiger partial charge in [0.1, 0.15) is 28.9 Å². The van der Waals surface area contributed by atoms with E-state index in [0.29, 0.717) is 0 Å². The summed E-state index contributed by atoms with van der Waals surface area (Å²) in [4.78, 5) is 10.8. The number of aromatic amines is 1. The van der Waals surface area contributed by atoms with Crippen LogP contribution in [0.5, 0.6) is 5.75 Å². The molecule has 0 aliphatic carbocycles. The van der Waals surface area contributed by atoms with E-state index >= 15 is 0 Å². The molecule has 0 spiro atoms. The molecule has 7 rings (SSSR count). The first-order valence-electron chi connectivity index (χ1n) is 17.1. The van der Waals surface area contributed by atoms with E-state index in [1.165, 1.54) is 15.9 Å². The van der Waals surface area contributed by atoms with Gasteiger partial charge in [0.15, 0.2) is 0 Å². The molecule has 0 amide bonds. The zero-order valence-electron chi connectivity index (χ0n) is 28.3. The van der Waals surface area contributed by atoms with Gasteiger partial charge in [0.2, 0.25) is 0 Å². The fourth-order valence-corrected chi connectivity index (χ4v) is 11.0. The fraction of sp³-hybridized carbons (Fsp3) is 0.0889. The first-order chi connectivity index (χ1) is 24.8. The van der Waals surface area contributed by atoms with Crippen LogP contribution < -0.4 is 25.6 Å². The van der Waals surface area contributed by atoms with Crippen LogP contribution in [0.4, 0.5) is 17.1 Å². The number of hydrogen-bond acceptors (Lipinski definition) is 3. The lowest BCUT2D eigenvalue weighted by Crippen LogP contribution is -2.33. The molecule has 0 saturated carbocycles.